The molecule has 84 valence electrons. The Morgan fingerprint density at radius 2 is 2.25 bits per heavy atom. The minimum atomic E-state index is 0.225. The standard InChI is InChI=1S/C13H17N3/c1-13(2)10(7-15-13)9-4-5-12-11(6-9)14-8-16(12)3/h4-6,8,10,15H,7H2,1-3H3. The van der Waals surface area contributed by atoms with Crippen LogP contribution in [0.5, 0.6) is 0 Å². The summed E-state index contributed by atoms with van der Waals surface area (Å²) in [5, 5.41) is 3.46. The van der Waals surface area contributed by atoms with Gasteiger partial charge in [-0.1, -0.05) is 6.07 Å². The molecule has 0 bridgehead atoms. The van der Waals surface area contributed by atoms with Gasteiger partial charge in [-0.05, 0) is 31.5 Å². The SMILES string of the molecule is Cn1cnc2cc(C3CNC3(C)C)ccc21. The number of nitrogens with one attached hydrogen (secondary N) is 1. The predicted octanol–water partition coefficient (Wildman–Crippen LogP) is 2.04. The van der Waals surface area contributed by atoms with Gasteiger partial charge >= 0.3 is 0 Å². The summed E-state index contributed by atoms with van der Waals surface area (Å²) in [7, 11) is 2.03. The molecule has 1 N–H and O–H groups in total. The normalized spacial score (nSPS) is 23.3. The lowest BCUT2D eigenvalue weighted by molar-refractivity contribution is 0.208. The lowest BCUT2D eigenvalue weighted by Gasteiger charge is -2.46. The summed E-state index contributed by atoms with van der Waals surface area (Å²) < 4.78 is 2.06. The Morgan fingerprint density at radius 3 is 2.88 bits per heavy atom. The van der Waals surface area contributed by atoms with Crippen LogP contribution in [-0.4, -0.2) is 21.6 Å². The van der Waals surface area contributed by atoms with Crippen molar-refractivity contribution in [3.8, 4) is 0 Å². The molecule has 0 saturated carbocycles. The van der Waals surface area contributed by atoms with Crippen LogP contribution in [0.2, 0.25) is 0 Å². The molecule has 0 amide bonds. The van der Waals surface area contributed by atoms with Gasteiger partial charge in [0.15, 0.2) is 0 Å². The van der Waals surface area contributed by atoms with Crippen LogP contribution >= 0.6 is 0 Å². The Labute approximate surface area is 95.5 Å². The molecule has 1 aliphatic heterocycles. The molecular formula is C13H17N3. The number of rotatable bonds is 1. The first-order valence-electron chi connectivity index (χ1n) is 5.74. The van der Waals surface area contributed by atoms with Gasteiger partial charge in [-0.25, -0.2) is 4.98 Å². The highest BCUT2D eigenvalue weighted by atomic mass is 15.1. The van der Waals surface area contributed by atoms with Gasteiger partial charge in [0, 0.05) is 25.0 Å². The molecule has 1 unspecified atom stereocenters. The molecule has 3 rings (SSSR count). The molecule has 2 aromatic rings. The fourth-order valence-corrected chi connectivity index (χ4v) is 2.52. The zero-order valence-electron chi connectivity index (χ0n) is 9.99. The number of imidazole rings is 1. The topological polar surface area (TPSA) is 29.9 Å². The summed E-state index contributed by atoms with van der Waals surface area (Å²) in [5.41, 5.74) is 3.93. The van der Waals surface area contributed by atoms with E-state index in [4.69, 9.17) is 0 Å². The summed E-state index contributed by atoms with van der Waals surface area (Å²) in [6, 6.07) is 6.63. The largest absolute Gasteiger partial charge is 0.334 e. The maximum absolute atomic E-state index is 4.41. The molecular weight excluding hydrogens is 198 g/mol. The Kier molecular flexibility index (Phi) is 1.89. The molecule has 1 aromatic heterocycles. The van der Waals surface area contributed by atoms with Crippen LogP contribution in [0, 0.1) is 0 Å². The molecule has 3 nitrogen and oxygen atoms in total. The number of hydrogen-bond acceptors (Lipinski definition) is 2. The van der Waals surface area contributed by atoms with Gasteiger partial charge in [-0.3, -0.25) is 0 Å². The van der Waals surface area contributed by atoms with Crippen LogP contribution in [0.3, 0.4) is 0 Å². The predicted molar refractivity (Wildman–Crippen MR) is 65.5 cm³/mol. The summed E-state index contributed by atoms with van der Waals surface area (Å²) in [6.07, 6.45) is 1.87. The van der Waals surface area contributed by atoms with Gasteiger partial charge < -0.3 is 9.88 Å². The first-order chi connectivity index (χ1) is 7.58. The molecule has 0 radical (unpaired) electrons. The Morgan fingerprint density at radius 1 is 1.44 bits per heavy atom. The summed E-state index contributed by atoms with van der Waals surface area (Å²) in [6.45, 7) is 5.58. The lowest BCUT2D eigenvalue weighted by atomic mass is 9.75. The van der Waals surface area contributed by atoms with Crippen molar-refractivity contribution in [2.45, 2.75) is 25.3 Å². The van der Waals surface area contributed by atoms with E-state index in [1.165, 1.54) is 11.1 Å². The molecule has 2 heterocycles. The average Bonchev–Trinajstić information content (AvgIpc) is 2.59. The third-order valence-electron chi connectivity index (χ3n) is 3.78. The molecule has 3 heteroatoms. The number of hydrogen-bond donors (Lipinski definition) is 1. The van der Waals surface area contributed by atoms with Crippen molar-refractivity contribution in [1.29, 1.82) is 0 Å². The number of fused-ring (bicyclic) bond motifs is 1. The Balaban J connectivity index is 2.06. The van der Waals surface area contributed by atoms with Crippen LogP contribution in [0.15, 0.2) is 24.5 Å². The second-order valence-electron chi connectivity index (χ2n) is 5.26. The van der Waals surface area contributed by atoms with Crippen molar-refractivity contribution in [2.24, 2.45) is 7.05 Å². The smallest absolute Gasteiger partial charge is 0.0955 e. The van der Waals surface area contributed by atoms with Crippen molar-refractivity contribution >= 4 is 11.0 Å². The zero-order chi connectivity index (χ0) is 11.3. The van der Waals surface area contributed by atoms with Crippen LogP contribution in [0.25, 0.3) is 11.0 Å². The highest BCUT2D eigenvalue weighted by molar-refractivity contribution is 5.76. The third kappa shape index (κ3) is 1.28. The molecule has 1 fully saturated rings. The summed E-state index contributed by atoms with van der Waals surface area (Å²) >= 11 is 0. The van der Waals surface area contributed by atoms with E-state index in [9.17, 15) is 0 Å². The van der Waals surface area contributed by atoms with Crippen molar-refractivity contribution in [3.05, 3.63) is 30.1 Å². The second-order valence-corrected chi connectivity index (χ2v) is 5.26. The third-order valence-corrected chi connectivity index (χ3v) is 3.78. The van der Waals surface area contributed by atoms with E-state index >= 15 is 0 Å². The van der Waals surface area contributed by atoms with Crippen molar-refractivity contribution < 1.29 is 0 Å². The summed E-state index contributed by atoms with van der Waals surface area (Å²) in [4.78, 5) is 4.41. The van der Waals surface area contributed by atoms with E-state index in [-0.39, 0.29) is 5.54 Å². The van der Waals surface area contributed by atoms with Crippen molar-refractivity contribution in [2.75, 3.05) is 6.54 Å². The van der Waals surface area contributed by atoms with Gasteiger partial charge in [0.25, 0.3) is 0 Å². The van der Waals surface area contributed by atoms with E-state index in [1.807, 2.05) is 13.4 Å². The minimum Gasteiger partial charge on any atom is -0.334 e. The summed E-state index contributed by atoms with van der Waals surface area (Å²) in [5.74, 6) is 0.610. The van der Waals surface area contributed by atoms with E-state index < -0.39 is 0 Å². The fraction of sp³-hybridized carbons (Fsp3) is 0.462. The first-order valence-corrected chi connectivity index (χ1v) is 5.74. The number of nitrogens with zero attached hydrogens (tertiary/aromatic N) is 2. The maximum Gasteiger partial charge on any atom is 0.0955 e. The van der Waals surface area contributed by atoms with Crippen molar-refractivity contribution in [3.63, 3.8) is 0 Å². The van der Waals surface area contributed by atoms with Gasteiger partial charge in [0.1, 0.15) is 0 Å². The average molecular weight is 215 g/mol. The van der Waals surface area contributed by atoms with Gasteiger partial charge in [0.05, 0.1) is 17.4 Å². The number of aromatic nitrogens is 2. The highest BCUT2D eigenvalue weighted by Gasteiger charge is 2.38. The molecule has 1 saturated heterocycles. The van der Waals surface area contributed by atoms with E-state index in [0.717, 1.165) is 12.1 Å². The van der Waals surface area contributed by atoms with E-state index in [2.05, 4.69) is 46.9 Å². The molecule has 1 aliphatic rings. The zero-order valence-corrected chi connectivity index (χ0v) is 9.99. The number of benzene rings is 1. The Hall–Kier alpha value is -1.35. The first kappa shape index (κ1) is 9.85. The molecule has 1 atom stereocenters. The van der Waals surface area contributed by atoms with Gasteiger partial charge in [-0.2, -0.15) is 0 Å². The van der Waals surface area contributed by atoms with Crippen LogP contribution < -0.4 is 5.32 Å². The van der Waals surface area contributed by atoms with E-state index in [1.54, 1.807) is 0 Å². The Bertz CT molecular complexity index is 539. The van der Waals surface area contributed by atoms with Crippen molar-refractivity contribution in [1.82, 2.24) is 14.9 Å². The van der Waals surface area contributed by atoms with Crippen LogP contribution in [0.1, 0.15) is 25.3 Å². The van der Waals surface area contributed by atoms with Gasteiger partial charge in [0.2, 0.25) is 0 Å². The minimum absolute atomic E-state index is 0.225. The molecule has 1 aromatic carbocycles. The number of aryl methyl sites for hydroxylation is 1. The van der Waals surface area contributed by atoms with Crippen LogP contribution in [0.4, 0.5) is 0 Å². The molecule has 0 spiro atoms. The van der Waals surface area contributed by atoms with Crippen LogP contribution in [-0.2, 0) is 7.05 Å². The monoisotopic (exact) mass is 215 g/mol. The maximum atomic E-state index is 4.41. The quantitative estimate of drug-likeness (QED) is 0.789. The second kappa shape index (κ2) is 3.08. The van der Waals surface area contributed by atoms with E-state index in [0.29, 0.717) is 5.92 Å². The highest BCUT2D eigenvalue weighted by Crippen LogP contribution is 2.35. The molecule has 16 heavy (non-hydrogen) atoms. The lowest BCUT2D eigenvalue weighted by Crippen LogP contribution is -2.59. The molecule has 0 aliphatic carbocycles. The van der Waals surface area contributed by atoms with Gasteiger partial charge in [-0.15, -0.1) is 0 Å². The fourth-order valence-electron chi connectivity index (χ4n) is 2.52.